The fraction of sp³-hybridized carbons (Fsp3) is 0.214. The van der Waals surface area contributed by atoms with E-state index in [1.165, 1.54) is 0 Å². The van der Waals surface area contributed by atoms with Crippen LogP contribution in [-0.4, -0.2) is 19.5 Å². The summed E-state index contributed by atoms with van der Waals surface area (Å²) in [4.78, 5) is 13.1. The van der Waals surface area contributed by atoms with Crippen molar-refractivity contribution in [3.8, 4) is 0 Å². The highest BCUT2D eigenvalue weighted by Crippen LogP contribution is 2.25. The molecule has 0 aliphatic rings. The monoisotopic (exact) mass is 306 g/mol. The molecule has 0 aliphatic heterocycles. The Labute approximate surface area is 126 Å². The van der Waals surface area contributed by atoms with Gasteiger partial charge < -0.3 is 4.57 Å². The Kier molecular flexibility index (Phi) is 3.59. The molecular weight excluding hydrogens is 295 g/mol. The first-order valence-corrected chi connectivity index (χ1v) is 7.07. The van der Waals surface area contributed by atoms with Crippen molar-refractivity contribution in [2.24, 2.45) is 0 Å². The number of rotatable bonds is 3. The van der Waals surface area contributed by atoms with E-state index in [4.69, 9.17) is 23.2 Å². The van der Waals surface area contributed by atoms with Crippen LogP contribution in [0.15, 0.2) is 30.6 Å². The van der Waals surface area contributed by atoms with Crippen LogP contribution in [0.4, 0.5) is 0 Å². The van der Waals surface area contributed by atoms with Crippen molar-refractivity contribution in [2.45, 2.75) is 19.3 Å². The molecule has 0 amide bonds. The maximum atomic E-state index is 6.18. The van der Waals surface area contributed by atoms with Gasteiger partial charge in [0.15, 0.2) is 0 Å². The Balaban J connectivity index is 2.10. The lowest BCUT2D eigenvalue weighted by Crippen LogP contribution is -2.06. The van der Waals surface area contributed by atoms with Crippen LogP contribution >= 0.6 is 23.2 Å². The number of aryl methyl sites for hydroxylation is 1. The maximum Gasteiger partial charge on any atom is 0.125 e. The summed E-state index contributed by atoms with van der Waals surface area (Å²) < 4.78 is 2.02. The lowest BCUT2D eigenvalue weighted by atomic mass is 10.3. The molecule has 0 radical (unpaired) electrons. The van der Waals surface area contributed by atoms with Crippen molar-refractivity contribution in [2.75, 3.05) is 0 Å². The summed E-state index contributed by atoms with van der Waals surface area (Å²) in [6.07, 6.45) is 3.52. The first-order chi connectivity index (χ1) is 9.69. The first-order valence-electron chi connectivity index (χ1n) is 6.16. The number of aromatic nitrogens is 4. The quantitative estimate of drug-likeness (QED) is 0.695. The molecule has 3 rings (SSSR count). The Morgan fingerprint density at radius 1 is 1.20 bits per heavy atom. The van der Waals surface area contributed by atoms with Gasteiger partial charge >= 0.3 is 0 Å². The number of alkyl halides is 1. The SMILES string of the molecule is Cc1cnc(Cn2c(CCl)nc3c(Cl)cccc32)cn1. The number of hydrogen-bond acceptors (Lipinski definition) is 3. The second kappa shape index (κ2) is 5.38. The molecule has 0 saturated heterocycles. The van der Waals surface area contributed by atoms with Gasteiger partial charge in [-0.05, 0) is 19.1 Å². The van der Waals surface area contributed by atoms with Gasteiger partial charge in [0.1, 0.15) is 11.3 Å². The standard InChI is InChI=1S/C14H12Cl2N4/c1-9-6-18-10(7-17-9)8-20-12-4-2-3-11(16)14(12)19-13(20)5-15/h2-4,6-7H,5,8H2,1H3. The second-order valence-electron chi connectivity index (χ2n) is 4.50. The van der Waals surface area contributed by atoms with E-state index in [0.29, 0.717) is 17.4 Å². The van der Waals surface area contributed by atoms with Crippen LogP contribution in [0, 0.1) is 6.92 Å². The Hall–Kier alpha value is -1.65. The molecule has 0 spiro atoms. The average Bonchev–Trinajstić information content (AvgIpc) is 2.81. The van der Waals surface area contributed by atoms with Gasteiger partial charge in [-0.1, -0.05) is 17.7 Å². The van der Waals surface area contributed by atoms with Crippen LogP contribution in [0.3, 0.4) is 0 Å². The highest BCUT2D eigenvalue weighted by atomic mass is 35.5. The number of fused-ring (bicyclic) bond motifs is 1. The Bertz CT molecular complexity index is 750. The minimum atomic E-state index is 0.324. The predicted molar refractivity (Wildman–Crippen MR) is 80.2 cm³/mol. The highest BCUT2D eigenvalue weighted by molar-refractivity contribution is 6.35. The van der Waals surface area contributed by atoms with Gasteiger partial charge in [0.05, 0.1) is 40.5 Å². The lowest BCUT2D eigenvalue weighted by molar-refractivity contribution is 0.751. The molecule has 102 valence electrons. The zero-order valence-corrected chi connectivity index (χ0v) is 12.4. The molecular formula is C14H12Cl2N4. The first kappa shape index (κ1) is 13.3. The minimum absolute atomic E-state index is 0.324. The van der Waals surface area contributed by atoms with Gasteiger partial charge in [0.25, 0.3) is 0 Å². The number of nitrogens with zero attached hydrogens (tertiary/aromatic N) is 4. The topological polar surface area (TPSA) is 43.6 Å². The van der Waals surface area contributed by atoms with Crippen molar-refractivity contribution >= 4 is 34.2 Å². The van der Waals surface area contributed by atoms with Crippen molar-refractivity contribution in [3.05, 3.63) is 52.8 Å². The van der Waals surface area contributed by atoms with E-state index in [0.717, 1.165) is 28.2 Å². The molecule has 0 aliphatic carbocycles. The molecule has 3 aromatic rings. The molecule has 4 nitrogen and oxygen atoms in total. The molecule has 1 aromatic carbocycles. The third-order valence-electron chi connectivity index (χ3n) is 3.08. The lowest BCUT2D eigenvalue weighted by Gasteiger charge is -2.07. The number of halogens is 2. The molecule has 0 atom stereocenters. The van der Waals surface area contributed by atoms with Gasteiger partial charge in [0.2, 0.25) is 0 Å². The fourth-order valence-corrected chi connectivity index (χ4v) is 2.52. The third kappa shape index (κ3) is 2.37. The number of hydrogen-bond donors (Lipinski definition) is 0. The van der Waals surface area contributed by atoms with Gasteiger partial charge in [-0.2, -0.15) is 0 Å². The molecule has 2 heterocycles. The van der Waals surface area contributed by atoms with E-state index in [1.54, 1.807) is 12.4 Å². The van der Waals surface area contributed by atoms with E-state index in [2.05, 4.69) is 15.0 Å². The van der Waals surface area contributed by atoms with Crippen LogP contribution in [0.25, 0.3) is 11.0 Å². The van der Waals surface area contributed by atoms with Gasteiger partial charge in [0, 0.05) is 6.20 Å². The van der Waals surface area contributed by atoms with Crippen LogP contribution in [0.1, 0.15) is 17.2 Å². The van der Waals surface area contributed by atoms with Crippen LogP contribution in [-0.2, 0) is 12.4 Å². The number of imidazole rings is 1. The minimum Gasteiger partial charge on any atom is -0.321 e. The van der Waals surface area contributed by atoms with Crippen molar-refractivity contribution < 1.29 is 0 Å². The van der Waals surface area contributed by atoms with E-state index in [9.17, 15) is 0 Å². The number of para-hydroxylation sites is 1. The smallest absolute Gasteiger partial charge is 0.125 e. The zero-order valence-electron chi connectivity index (χ0n) is 10.8. The normalized spacial score (nSPS) is 11.2. The van der Waals surface area contributed by atoms with Crippen molar-refractivity contribution in [1.29, 1.82) is 0 Å². The predicted octanol–water partition coefficient (Wildman–Crippen LogP) is 3.58. The Morgan fingerprint density at radius 3 is 2.75 bits per heavy atom. The zero-order chi connectivity index (χ0) is 14.1. The molecule has 0 N–H and O–H groups in total. The van der Waals surface area contributed by atoms with Gasteiger partial charge in [-0.3, -0.25) is 9.97 Å². The van der Waals surface area contributed by atoms with Crippen molar-refractivity contribution in [1.82, 2.24) is 19.5 Å². The molecule has 20 heavy (non-hydrogen) atoms. The third-order valence-corrected chi connectivity index (χ3v) is 3.63. The van der Waals surface area contributed by atoms with Crippen LogP contribution in [0.2, 0.25) is 5.02 Å². The van der Waals surface area contributed by atoms with E-state index < -0.39 is 0 Å². The summed E-state index contributed by atoms with van der Waals surface area (Å²) in [7, 11) is 0. The largest absolute Gasteiger partial charge is 0.321 e. The molecule has 0 fully saturated rings. The summed E-state index contributed by atoms with van der Waals surface area (Å²) in [5.74, 6) is 1.10. The highest BCUT2D eigenvalue weighted by Gasteiger charge is 2.13. The molecule has 0 unspecified atom stereocenters. The summed E-state index contributed by atoms with van der Waals surface area (Å²) >= 11 is 12.2. The molecule has 6 heteroatoms. The van der Waals surface area contributed by atoms with E-state index in [1.807, 2.05) is 29.7 Å². The summed E-state index contributed by atoms with van der Waals surface area (Å²) in [5.41, 5.74) is 3.48. The fourth-order valence-electron chi connectivity index (χ4n) is 2.10. The van der Waals surface area contributed by atoms with Crippen molar-refractivity contribution in [3.63, 3.8) is 0 Å². The summed E-state index contributed by atoms with van der Waals surface area (Å²) in [6.45, 7) is 2.49. The van der Waals surface area contributed by atoms with Crippen LogP contribution in [0.5, 0.6) is 0 Å². The molecule has 0 bridgehead atoms. The van der Waals surface area contributed by atoms with Gasteiger partial charge in [-0.25, -0.2) is 4.98 Å². The summed E-state index contributed by atoms with van der Waals surface area (Å²) in [5, 5.41) is 0.627. The van der Waals surface area contributed by atoms with Crippen LogP contribution < -0.4 is 0 Å². The molecule has 2 aromatic heterocycles. The average molecular weight is 307 g/mol. The van der Waals surface area contributed by atoms with Gasteiger partial charge in [-0.15, -0.1) is 11.6 Å². The van der Waals surface area contributed by atoms with E-state index in [-0.39, 0.29) is 0 Å². The second-order valence-corrected chi connectivity index (χ2v) is 5.18. The maximum absolute atomic E-state index is 6.18. The Morgan fingerprint density at radius 2 is 2.05 bits per heavy atom. The summed E-state index contributed by atoms with van der Waals surface area (Å²) in [6, 6.07) is 5.71. The molecule has 0 saturated carbocycles. The van der Waals surface area contributed by atoms with E-state index >= 15 is 0 Å². The number of benzene rings is 1.